The maximum Gasteiger partial charge on any atom is 0.478 e. The third-order valence-corrected chi connectivity index (χ3v) is 46.8. The Morgan fingerprint density at radius 1 is 0.311 bits per heavy atom. The van der Waals surface area contributed by atoms with Gasteiger partial charge in [0.05, 0.1) is 0 Å². The highest BCUT2D eigenvalue weighted by Crippen LogP contribution is 2.48. The van der Waals surface area contributed by atoms with E-state index in [-0.39, 0.29) is 0 Å². The molecule has 0 N–H and O–H groups in total. The van der Waals surface area contributed by atoms with Crippen molar-refractivity contribution in [3.05, 3.63) is 0 Å². The Morgan fingerprint density at radius 2 is 0.489 bits per heavy atom. The Hall–Kier alpha value is 1.69. The highest BCUT2D eigenvalue weighted by atomic mass is 28.6. The molecular formula is C23H62O12Si10. The monoisotopic (exact) mass is 810 g/mol. The third kappa shape index (κ3) is 9.73. The lowest BCUT2D eigenvalue weighted by Gasteiger charge is -2.58. The topological polar surface area (TPSA) is 111 Å². The van der Waals surface area contributed by atoms with E-state index in [1.807, 2.05) is 48.5 Å². The fourth-order valence-electron chi connectivity index (χ4n) is 5.48. The molecule has 0 saturated carbocycles. The van der Waals surface area contributed by atoms with E-state index in [9.17, 15) is 0 Å². The van der Waals surface area contributed by atoms with Gasteiger partial charge in [-0.05, 0) is 58.9 Å². The van der Waals surface area contributed by atoms with E-state index < -0.39 is 86.6 Å². The summed E-state index contributed by atoms with van der Waals surface area (Å²) >= 11 is 0. The normalized spacial score (nSPS) is 41.6. The van der Waals surface area contributed by atoms with Crippen molar-refractivity contribution in [1.29, 1.82) is 0 Å². The summed E-state index contributed by atoms with van der Waals surface area (Å²) in [6, 6.07) is 3.25. The molecule has 0 atom stereocenters. The first-order valence-electron chi connectivity index (χ1n) is 16.8. The average Bonchev–Trinajstić information content (AvgIpc) is 2.87. The van der Waals surface area contributed by atoms with Gasteiger partial charge in [0.25, 0.3) is 0 Å². The summed E-state index contributed by atoms with van der Waals surface area (Å²) < 4.78 is 87.0. The van der Waals surface area contributed by atoms with E-state index in [2.05, 4.69) is 58.9 Å². The van der Waals surface area contributed by atoms with Crippen LogP contribution < -0.4 is 0 Å². The lowest BCUT2D eigenvalue weighted by atomic mass is 11.0. The molecule has 12 nitrogen and oxygen atoms in total. The van der Waals surface area contributed by atoms with Crippen LogP contribution in [-0.4, -0.2) is 86.6 Å². The molecule has 0 radical (unpaired) electrons. The summed E-state index contributed by atoms with van der Waals surface area (Å²) in [6.07, 6.45) is 0. The molecule has 22 heteroatoms. The zero-order chi connectivity index (χ0) is 34.4. The van der Waals surface area contributed by atoms with Crippen molar-refractivity contribution in [3.63, 3.8) is 0 Å². The summed E-state index contributed by atoms with van der Waals surface area (Å²) in [5.41, 5.74) is 0. The molecule has 45 heavy (non-hydrogen) atoms. The van der Waals surface area contributed by atoms with Crippen molar-refractivity contribution in [3.8, 4) is 0 Å². The molecule has 3 heterocycles. The second-order valence-electron chi connectivity index (χ2n) is 14.8. The lowest BCUT2D eigenvalue weighted by molar-refractivity contribution is 0.0132. The molecule has 0 spiro atoms. The summed E-state index contributed by atoms with van der Waals surface area (Å²) in [5.74, 6) is 0. The SMILES string of the molecule is CC[Si]1(O[Si](C)(C)C)O[Si]2(CC)O[Si](CC)(O[Si](C)(C)C)O[Si]3(CC)O[Si](CC)(O[Si](C)(C)C)O[Si](CC)(O1)O[Si](CC)(O2)O3. The van der Waals surface area contributed by atoms with Gasteiger partial charge in [0, 0.05) is 42.3 Å². The van der Waals surface area contributed by atoms with Crippen molar-refractivity contribution >= 4 is 86.6 Å². The predicted molar refractivity (Wildman–Crippen MR) is 197 cm³/mol. The Kier molecular flexibility index (Phi) is 12.8. The molecule has 0 unspecified atom stereocenters. The van der Waals surface area contributed by atoms with Gasteiger partial charge < -0.3 is 49.4 Å². The second kappa shape index (κ2) is 14.0. The highest BCUT2D eigenvalue weighted by Gasteiger charge is 2.76. The van der Waals surface area contributed by atoms with Crippen LogP contribution in [0.3, 0.4) is 0 Å². The molecule has 3 aliphatic heterocycles. The van der Waals surface area contributed by atoms with Gasteiger partial charge in [0.2, 0.25) is 0 Å². The molecule has 3 aliphatic rings. The molecule has 0 amide bonds. The fourth-order valence-corrected chi connectivity index (χ4v) is 57.2. The molecule has 0 aromatic rings. The Morgan fingerprint density at radius 3 is 0.622 bits per heavy atom. The van der Waals surface area contributed by atoms with Gasteiger partial charge in [-0.25, -0.2) is 0 Å². The molecule has 3 saturated heterocycles. The number of hydrogen-bond acceptors (Lipinski definition) is 12. The standard InChI is InChI=1S/C23H62O12Si10/c1-17-39(24-36(8,9)10)27-42(20-4)29-40(18-2,25-37(11,12)13)31-44(22-6)32-41(19-3,26-38(14,15)16)30-43(21-5,28-39)34-45(23-7,33-42)35-44/h17-23H2,1-16H3. The van der Waals surface area contributed by atoms with Crippen LogP contribution in [0.25, 0.3) is 0 Å². The smallest absolute Gasteiger partial charge is 0.417 e. The van der Waals surface area contributed by atoms with E-state index >= 15 is 0 Å². The Balaban J connectivity index is 2.50. The number of hydrogen-bond donors (Lipinski definition) is 0. The quantitative estimate of drug-likeness (QED) is 0.173. The van der Waals surface area contributed by atoms with Crippen LogP contribution in [-0.2, 0) is 49.4 Å². The first-order valence-corrected chi connectivity index (χ1v) is 40.6. The lowest BCUT2D eigenvalue weighted by Crippen LogP contribution is -2.83. The number of fused-ring (bicyclic) bond motifs is 3. The second-order valence-corrected chi connectivity index (χ2v) is 51.8. The molecule has 0 aliphatic carbocycles. The summed E-state index contributed by atoms with van der Waals surface area (Å²) in [5, 5.41) is 0. The minimum absolute atomic E-state index is 0.443. The van der Waals surface area contributed by atoms with E-state index in [0.717, 1.165) is 0 Å². The summed E-state index contributed by atoms with van der Waals surface area (Å²) in [6.45, 7) is 33.5. The van der Waals surface area contributed by atoms with Crippen LogP contribution in [0.1, 0.15) is 48.5 Å². The largest absolute Gasteiger partial charge is 0.478 e. The Bertz CT molecular complexity index is 881. The molecule has 4 bridgehead atoms. The van der Waals surface area contributed by atoms with Crippen LogP contribution >= 0.6 is 0 Å². The van der Waals surface area contributed by atoms with E-state index in [1.165, 1.54) is 0 Å². The highest BCUT2D eigenvalue weighted by molar-refractivity contribution is 7.00. The van der Waals surface area contributed by atoms with Crippen LogP contribution in [0.2, 0.25) is 101 Å². The van der Waals surface area contributed by atoms with Crippen LogP contribution in [0.4, 0.5) is 0 Å². The van der Waals surface area contributed by atoms with Gasteiger partial charge >= 0.3 is 61.6 Å². The van der Waals surface area contributed by atoms with Crippen molar-refractivity contribution in [2.75, 3.05) is 0 Å². The van der Waals surface area contributed by atoms with Crippen LogP contribution in [0.5, 0.6) is 0 Å². The van der Waals surface area contributed by atoms with Crippen molar-refractivity contribution in [2.24, 2.45) is 0 Å². The molecule has 266 valence electrons. The van der Waals surface area contributed by atoms with Gasteiger partial charge in [-0.15, -0.1) is 0 Å². The first-order chi connectivity index (χ1) is 20.4. The Labute approximate surface area is 284 Å². The molecule has 3 rings (SSSR count). The molecular weight excluding hydrogens is 749 g/mol. The van der Waals surface area contributed by atoms with Crippen molar-refractivity contribution < 1.29 is 49.4 Å². The molecule has 0 aromatic heterocycles. The minimum atomic E-state index is -3.70. The van der Waals surface area contributed by atoms with E-state index in [4.69, 9.17) is 49.4 Å². The van der Waals surface area contributed by atoms with Crippen LogP contribution in [0.15, 0.2) is 0 Å². The minimum Gasteiger partial charge on any atom is -0.417 e. The number of rotatable bonds is 13. The third-order valence-electron chi connectivity index (χ3n) is 7.22. The predicted octanol–water partition coefficient (Wildman–Crippen LogP) is 7.44. The summed E-state index contributed by atoms with van der Waals surface area (Å²) in [4.78, 5) is 0. The molecule has 0 aromatic carbocycles. The zero-order valence-electron chi connectivity index (χ0n) is 30.8. The first kappa shape index (κ1) is 41.1. The molecule has 3 fully saturated rings. The zero-order valence-corrected chi connectivity index (χ0v) is 40.8. The van der Waals surface area contributed by atoms with Gasteiger partial charge in [0.15, 0.2) is 25.0 Å². The van der Waals surface area contributed by atoms with Gasteiger partial charge in [0.1, 0.15) is 0 Å². The van der Waals surface area contributed by atoms with E-state index in [0.29, 0.717) is 42.3 Å². The van der Waals surface area contributed by atoms with Crippen molar-refractivity contribution in [2.45, 2.75) is 150 Å². The summed E-state index contributed by atoms with van der Waals surface area (Å²) in [7, 11) is -32.3. The average molecular weight is 812 g/mol. The van der Waals surface area contributed by atoms with E-state index in [1.54, 1.807) is 0 Å². The maximum absolute atomic E-state index is 7.33. The fraction of sp³-hybridized carbons (Fsp3) is 1.00. The van der Waals surface area contributed by atoms with Crippen molar-refractivity contribution in [1.82, 2.24) is 0 Å². The van der Waals surface area contributed by atoms with Gasteiger partial charge in [-0.1, -0.05) is 48.5 Å². The maximum atomic E-state index is 7.33. The van der Waals surface area contributed by atoms with Crippen LogP contribution in [0, 0.1) is 0 Å². The van der Waals surface area contributed by atoms with Gasteiger partial charge in [-0.2, -0.15) is 0 Å². The van der Waals surface area contributed by atoms with Gasteiger partial charge in [-0.3, -0.25) is 0 Å².